The van der Waals surface area contributed by atoms with Crippen LogP contribution >= 0.6 is 11.6 Å². The van der Waals surface area contributed by atoms with E-state index in [0.717, 1.165) is 30.4 Å². The summed E-state index contributed by atoms with van der Waals surface area (Å²) in [4.78, 5) is 15.0. The monoisotopic (exact) mass is 495 g/mol. The van der Waals surface area contributed by atoms with Gasteiger partial charge in [-0.1, -0.05) is 43.5 Å². The molecule has 0 spiro atoms. The molecule has 3 aromatic rings. The lowest BCUT2D eigenvalue weighted by atomic mass is 9.95. The zero-order chi connectivity index (χ0) is 25.1. The molecule has 1 aliphatic rings. The molecule has 1 aliphatic heterocycles. The molecular weight excluding hydrogens is 466 g/mol. The minimum atomic E-state index is -0.466. The Morgan fingerprint density at radius 1 is 1.26 bits per heavy atom. The zero-order valence-electron chi connectivity index (χ0n) is 20.2. The topological polar surface area (TPSA) is 87.7 Å². The average Bonchev–Trinajstić information content (AvgIpc) is 3.38. The lowest BCUT2D eigenvalue weighted by Crippen LogP contribution is -2.29. The van der Waals surface area contributed by atoms with Gasteiger partial charge in [0.1, 0.15) is 17.1 Å². The first-order chi connectivity index (χ1) is 16.9. The predicted octanol–water partition coefficient (Wildman–Crippen LogP) is 6.05. The number of carbonyl (C=O) groups is 1. The normalized spacial score (nSPS) is 14.8. The van der Waals surface area contributed by atoms with Crippen molar-refractivity contribution in [2.75, 3.05) is 20.3 Å². The number of methoxy groups -OCH3 is 1. The SMILES string of the molecule is C=CCN1C(=O)c2[nH]nc(-c3cc(Cl)c(C)cc3O)c2C1c1ccc(OCCCCC)c(OC)c1. The second kappa shape index (κ2) is 10.4. The smallest absolute Gasteiger partial charge is 0.273 e. The van der Waals surface area contributed by atoms with Gasteiger partial charge in [-0.3, -0.25) is 9.89 Å². The largest absolute Gasteiger partial charge is 0.507 e. The Kier molecular flexibility index (Phi) is 7.36. The highest BCUT2D eigenvalue weighted by Gasteiger charge is 2.42. The van der Waals surface area contributed by atoms with E-state index in [-0.39, 0.29) is 11.7 Å². The van der Waals surface area contributed by atoms with E-state index in [2.05, 4.69) is 23.7 Å². The van der Waals surface area contributed by atoms with Crippen molar-refractivity contribution in [1.82, 2.24) is 15.1 Å². The number of hydrogen-bond acceptors (Lipinski definition) is 5. The summed E-state index contributed by atoms with van der Waals surface area (Å²) >= 11 is 6.36. The van der Waals surface area contributed by atoms with E-state index in [1.165, 1.54) is 0 Å². The number of aromatic hydroxyl groups is 1. The third-order valence-electron chi connectivity index (χ3n) is 6.23. The standard InChI is InChI=1S/C27H30ClN3O4/c1-5-7-8-12-35-21-10-9-17(14-22(21)34-4)26-23-24(18-15-19(28)16(3)13-20(18)32)29-30-25(23)27(33)31(26)11-6-2/h6,9-10,13-15,26,32H,2,5,7-8,11-12H2,1,3-4H3,(H,29,30). The molecule has 0 saturated heterocycles. The van der Waals surface area contributed by atoms with Crippen LogP contribution in [0.1, 0.15) is 59.4 Å². The summed E-state index contributed by atoms with van der Waals surface area (Å²) in [5.41, 5.74) is 3.56. The first-order valence-corrected chi connectivity index (χ1v) is 12.1. The number of nitrogens with one attached hydrogen (secondary N) is 1. The van der Waals surface area contributed by atoms with E-state index < -0.39 is 6.04 Å². The Morgan fingerprint density at radius 2 is 2.06 bits per heavy atom. The Labute approximate surface area is 210 Å². The molecule has 4 rings (SSSR count). The molecule has 0 radical (unpaired) electrons. The fraction of sp³-hybridized carbons (Fsp3) is 0.333. The Morgan fingerprint density at radius 3 is 2.77 bits per heavy atom. The highest BCUT2D eigenvalue weighted by atomic mass is 35.5. The molecule has 0 fully saturated rings. The van der Waals surface area contributed by atoms with E-state index in [4.69, 9.17) is 21.1 Å². The molecule has 1 atom stereocenters. The summed E-state index contributed by atoms with van der Waals surface area (Å²) in [5, 5.41) is 18.5. The molecular formula is C27H30ClN3O4. The van der Waals surface area contributed by atoms with Crippen molar-refractivity contribution in [1.29, 1.82) is 0 Å². The van der Waals surface area contributed by atoms with Crippen LogP contribution < -0.4 is 9.47 Å². The van der Waals surface area contributed by atoms with E-state index in [1.807, 2.05) is 25.1 Å². The summed E-state index contributed by atoms with van der Waals surface area (Å²) in [6.45, 7) is 8.74. The minimum absolute atomic E-state index is 0.0444. The van der Waals surface area contributed by atoms with Crippen LogP contribution in [-0.2, 0) is 0 Å². The number of phenolic OH excluding ortho intramolecular Hbond substituents is 1. The zero-order valence-corrected chi connectivity index (χ0v) is 21.0. The Balaban J connectivity index is 1.80. The van der Waals surface area contributed by atoms with Crippen LogP contribution in [0.3, 0.4) is 0 Å². The molecule has 1 amide bonds. The number of hydrogen-bond donors (Lipinski definition) is 2. The molecule has 2 aromatic carbocycles. The molecule has 35 heavy (non-hydrogen) atoms. The molecule has 0 aliphatic carbocycles. The summed E-state index contributed by atoms with van der Waals surface area (Å²) in [7, 11) is 1.60. The first kappa shape index (κ1) is 24.7. The van der Waals surface area contributed by atoms with E-state index in [9.17, 15) is 9.90 Å². The van der Waals surface area contributed by atoms with E-state index >= 15 is 0 Å². The second-order valence-electron chi connectivity index (χ2n) is 8.59. The van der Waals surface area contributed by atoms with Gasteiger partial charge < -0.3 is 19.5 Å². The maximum atomic E-state index is 13.3. The van der Waals surface area contributed by atoms with Crippen molar-refractivity contribution in [3.63, 3.8) is 0 Å². The van der Waals surface area contributed by atoms with Crippen LogP contribution in [0, 0.1) is 6.92 Å². The first-order valence-electron chi connectivity index (χ1n) is 11.7. The van der Waals surface area contributed by atoms with Gasteiger partial charge in [-0.25, -0.2) is 0 Å². The third-order valence-corrected chi connectivity index (χ3v) is 6.64. The number of H-pyrrole nitrogens is 1. The second-order valence-corrected chi connectivity index (χ2v) is 9.00. The van der Waals surface area contributed by atoms with Crippen LogP contribution in [0.4, 0.5) is 0 Å². The quantitative estimate of drug-likeness (QED) is 0.264. The number of aromatic nitrogens is 2. The van der Waals surface area contributed by atoms with Crippen LogP contribution in [0.25, 0.3) is 11.3 Å². The van der Waals surface area contributed by atoms with Crippen molar-refractivity contribution in [3.8, 4) is 28.5 Å². The van der Waals surface area contributed by atoms with E-state index in [0.29, 0.717) is 52.2 Å². The van der Waals surface area contributed by atoms with Crippen LogP contribution in [0.2, 0.25) is 5.02 Å². The number of ether oxygens (including phenoxy) is 2. The predicted molar refractivity (Wildman–Crippen MR) is 137 cm³/mol. The van der Waals surface area contributed by atoms with Gasteiger partial charge in [0.2, 0.25) is 0 Å². The number of unbranched alkanes of at least 4 members (excludes halogenated alkanes) is 2. The van der Waals surface area contributed by atoms with Gasteiger partial charge >= 0.3 is 0 Å². The summed E-state index contributed by atoms with van der Waals surface area (Å²) in [5.74, 6) is 1.09. The van der Waals surface area contributed by atoms with Crippen molar-refractivity contribution >= 4 is 17.5 Å². The number of amides is 1. The summed E-state index contributed by atoms with van der Waals surface area (Å²) in [6.07, 6.45) is 4.87. The molecule has 0 saturated carbocycles. The lowest BCUT2D eigenvalue weighted by Gasteiger charge is -2.26. The van der Waals surface area contributed by atoms with Gasteiger partial charge in [-0.15, -0.1) is 6.58 Å². The van der Waals surface area contributed by atoms with Gasteiger partial charge in [0.05, 0.1) is 19.8 Å². The Bertz CT molecular complexity index is 1250. The van der Waals surface area contributed by atoms with Crippen LogP contribution in [0.5, 0.6) is 17.2 Å². The molecule has 1 aromatic heterocycles. The minimum Gasteiger partial charge on any atom is -0.507 e. The molecule has 7 nitrogen and oxygen atoms in total. The lowest BCUT2D eigenvalue weighted by molar-refractivity contribution is 0.0764. The van der Waals surface area contributed by atoms with Gasteiger partial charge in [0.15, 0.2) is 11.5 Å². The number of benzene rings is 2. The van der Waals surface area contributed by atoms with Gasteiger partial charge in [-0.05, 0) is 48.7 Å². The fourth-order valence-corrected chi connectivity index (χ4v) is 4.60. The maximum absolute atomic E-state index is 13.3. The number of nitrogens with zero attached hydrogens (tertiary/aromatic N) is 2. The van der Waals surface area contributed by atoms with Crippen molar-refractivity contribution in [2.24, 2.45) is 0 Å². The highest BCUT2D eigenvalue weighted by molar-refractivity contribution is 6.31. The third kappa shape index (κ3) is 4.60. The number of halogens is 1. The van der Waals surface area contributed by atoms with E-state index in [1.54, 1.807) is 30.2 Å². The molecule has 2 N–H and O–H groups in total. The van der Waals surface area contributed by atoms with Crippen LogP contribution in [-0.4, -0.2) is 46.4 Å². The van der Waals surface area contributed by atoms with Crippen molar-refractivity contribution < 1.29 is 19.4 Å². The average molecular weight is 496 g/mol. The number of carbonyl (C=O) groups excluding carboxylic acids is 1. The molecule has 8 heteroatoms. The van der Waals surface area contributed by atoms with Gasteiger partial charge in [0.25, 0.3) is 5.91 Å². The number of fused-ring (bicyclic) bond motifs is 1. The summed E-state index contributed by atoms with van der Waals surface area (Å²) in [6, 6.07) is 8.49. The Hall–Kier alpha value is -3.45. The number of aromatic amines is 1. The molecule has 184 valence electrons. The van der Waals surface area contributed by atoms with Gasteiger partial charge in [-0.2, -0.15) is 5.10 Å². The molecule has 0 bridgehead atoms. The van der Waals surface area contributed by atoms with Crippen molar-refractivity contribution in [3.05, 3.63) is 70.4 Å². The number of rotatable bonds is 10. The molecule has 2 heterocycles. The van der Waals surface area contributed by atoms with Gasteiger partial charge in [0, 0.05) is 22.7 Å². The highest BCUT2D eigenvalue weighted by Crippen LogP contribution is 2.46. The number of aryl methyl sites for hydroxylation is 1. The maximum Gasteiger partial charge on any atom is 0.273 e. The molecule has 1 unspecified atom stereocenters. The summed E-state index contributed by atoms with van der Waals surface area (Å²) < 4.78 is 11.6. The van der Waals surface area contributed by atoms with Crippen LogP contribution in [0.15, 0.2) is 43.0 Å². The van der Waals surface area contributed by atoms with Crippen molar-refractivity contribution in [2.45, 2.75) is 39.2 Å². The fourth-order valence-electron chi connectivity index (χ4n) is 4.44. The number of phenols is 1.